The topological polar surface area (TPSA) is 66.8 Å². The van der Waals surface area contributed by atoms with Crippen molar-refractivity contribution in [3.63, 3.8) is 0 Å². The van der Waals surface area contributed by atoms with Crippen molar-refractivity contribution < 1.29 is 18.9 Å². The lowest BCUT2D eigenvalue weighted by Gasteiger charge is -2.11. The van der Waals surface area contributed by atoms with Gasteiger partial charge in [-0.05, 0) is 11.6 Å². The molecule has 1 aromatic rings. The number of phosphoric acid groups is 1. The maximum Gasteiger partial charge on any atom is 0.524 e. The molecule has 0 heterocycles. The first-order chi connectivity index (χ1) is 6.98. The lowest BCUT2D eigenvalue weighted by Crippen LogP contribution is -1.93. The Morgan fingerprint density at radius 1 is 1.27 bits per heavy atom. The summed E-state index contributed by atoms with van der Waals surface area (Å²) < 4.78 is 15.2. The van der Waals surface area contributed by atoms with Crippen molar-refractivity contribution in [3.05, 3.63) is 42.5 Å². The quantitative estimate of drug-likeness (QED) is 0.774. The van der Waals surface area contributed by atoms with Gasteiger partial charge in [-0.3, -0.25) is 9.79 Å². The van der Waals surface area contributed by atoms with Crippen LogP contribution >= 0.6 is 7.82 Å². The van der Waals surface area contributed by atoms with Crippen LogP contribution in [-0.4, -0.2) is 9.79 Å². The van der Waals surface area contributed by atoms with E-state index in [9.17, 15) is 4.57 Å². The average Bonchev–Trinajstić information content (AvgIpc) is 2.15. The number of hydrogen-bond donors (Lipinski definition) is 2. The zero-order valence-electron chi connectivity index (χ0n) is 7.96. The Bertz CT molecular complexity index is 433. The van der Waals surface area contributed by atoms with Crippen LogP contribution < -0.4 is 4.52 Å². The molecule has 4 nitrogen and oxygen atoms in total. The van der Waals surface area contributed by atoms with Crippen LogP contribution in [0.3, 0.4) is 0 Å². The molecule has 0 aliphatic carbocycles. The number of phosphoric ester groups is 1. The van der Waals surface area contributed by atoms with Crippen molar-refractivity contribution in [3.8, 4) is 5.75 Å². The summed E-state index contributed by atoms with van der Waals surface area (Å²) >= 11 is 0. The normalized spacial score (nSPS) is 10.8. The molecule has 1 aromatic carbocycles. The SMILES string of the molecule is C=Cc1cccc(OP(=O)(O)O)c1C=C. The first kappa shape index (κ1) is 11.7. The zero-order valence-corrected chi connectivity index (χ0v) is 8.85. The maximum atomic E-state index is 10.7. The van der Waals surface area contributed by atoms with Gasteiger partial charge in [-0.1, -0.05) is 37.4 Å². The van der Waals surface area contributed by atoms with Crippen LogP contribution in [0.25, 0.3) is 12.2 Å². The van der Waals surface area contributed by atoms with Crippen LogP contribution in [0.5, 0.6) is 5.75 Å². The van der Waals surface area contributed by atoms with Gasteiger partial charge in [-0.15, -0.1) is 0 Å². The van der Waals surface area contributed by atoms with Gasteiger partial charge in [0.15, 0.2) is 0 Å². The highest BCUT2D eigenvalue weighted by Gasteiger charge is 2.18. The van der Waals surface area contributed by atoms with E-state index >= 15 is 0 Å². The van der Waals surface area contributed by atoms with Gasteiger partial charge in [0.25, 0.3) is 0 Å². The molecule has 0 bridgehead atoms. The molecule has 0 amide bonds. The number of benzene rings is 1. The third kappa shape index (κ3) is 3.06. The first-order valence-electron chi connectivity index (χ1n) is 4.11. The lowest BCUT2D eigenvalue weighted by atomic mass is 10.1. The Hall–Kier alpha value is -1.35. The highest BCUT2D eigenvalue weighted by Crippen LogP contribution is 2.40. The van der Waals surface area contributed by atoms with Gasteiger partial charge in [0.05, 0.1) is 0 Å². The molecule has 0 saturated carbocycles. The third-order valence-electron chi connectivity index (χ3n) is 1.74. The Morgan fingerprint density at radius 2 is 1.93 bits per heavy atom. The molecule has 80 valence electrons. The standard InChI is InChI=1S/C10H11O4P/c1-3-8-6-5-7-10(9(8)4-2)14-15(11,12)13/h3-7H,1-2H2,(H2,11,12,13). The van der Waals surface area contributed by atoms with Crippen molar-refractivity contribution in [2.75, 3.05) is 0 Å². The van der Waals surface area contributed by atoms with Crippen LogP contribution in [0, 0.1) is 0 Å². The van der Waals surface area contributed by atoms with Crippen LogP contribution in [0.4, 0.5) is 0 Å². The van der Waals surface area contributed by atoms with E-state index in [4.69, 9.17) is 9.79 Å². The molecule has 1 rings (SSSR count). The highest BCUT2D eigenvalue weighted by atomic mass is 31.2. The van der Waals surface area contributed by atoms with Crippen molar-refractivity contribution in [1.82, 2.24) is 0 Å². The van der Waals surface area contributed by atoms with E-state index in [1.807, 2.05) is 0 Å². The Balaban J connectivity index is 3.23. The molecule has 0 fully saturated rings. The molecule has 0 saturated heterocycles. The fourth-order valence-corrected chi connectivity index (χ4v) is 1.58. The Morgan fingerprint density at radius 3 is 2.40 bits per heavy atom. The van der Waals surface area contributed by atoms with Crippen LogP contribution in [0.15, 0.2) is 31.4 Å². The number of hydrogen-bond acceptors (Lipinski definition) is 2. The molecule has 0 aromatic heterocycles. The molecule has 0 aliphatic heterocycles. The third-order valence-corrected chi connectivity index (χ3v) is 2.18. The fraction of sp³-hybridized carbons (Fsp3) is 0. The molecular formula is C10H11O4P. The molecular weight excluding hydrogens is 215 g/mol. The van der Waals surface area contributed by atoms with Gasteiger partial charge < -0.3 is 4.52 Å². The van der Waals surface area contributed by atoms with Gasteiger partial charge >= 0.3 is 7.82 Å². The van der Waals surface area contributed by atoms with E-state index in [1.54, 1.807) is 18.2 Å². The lowest BCUT2D eigenvalue weighted by molar-refractivity contribution is 0.283. The van der Waals surface area contributed by atoms with Gasteiger partial charge in [0.2, 0.25) is 0 Å². The summed E-state index contributed by atoms with van der Waals surface area (Å²) in [7, 11) is -4.54. The predicted octanol–water partition coefficient (Wildman–Crippen LogP) is 2.44. The maximum absolute atomic E-state index is 10.7. The predicted molar refractivity (Wildman–Crippen MR) is 59.3 cm³/mol. The minimum Gasteiger partial charge on any atom is -0.404 e. The second-order valence-electron chi connectivity index (χ2n) is 2.75. The van der Waals surface area contributed by atoms with Gasteiger partial charge in [-0.2, -0.15) is 0 Å². The minimum absolute atomic E-state index is 0.0933. The van der Waals surface area contributed by atoms with Crippen molar-refractivity contribution >= 4 is 20.0 Å². The summed E-state index contributed by atoms with van der Waals surface area (Å²) in [6, 6.07) is 4.83. The highest BCUT2D eigenvalue weighted by molar-refractivity contribution is 7.46. The van der Waals surface area contributed by atoms with E-state index in [0.29, 0.717) is 11.1 Å². The molecule has 5 heteroatoms. The monoisotopic (exact) mass is 226 g/mol. The molecule has 2 N–H and O–H groups in total. The molecule has 0 atom stereocenters. The van der Waals surface area contributed by atoms with Crippen LogP contribution in [-0.2, 0) is 4.57 Å². The van der Waals surface area contributed by atoms with E-state index in [2.05, 4.69) is 17.7 Å². The summed E-state index contributed by atoms with van der Waals surface area (Å²) in [6.07, 6.45) is 3.02. The molecule has 0 aliphatic rings. The minimum atomic E-state index is -4.54. The van der Waals surface area contributed by atoms with Crippen molar-refractivity contribution in [2.24, 2.45) is 0 Å². The van der Waals surface area contributed by atoms with Crippen molar-refractivity contribution in [2.45, 2.75) is 0 Å². The van der Waals surface area contributed by atoms with Crippen LogP contribution in [0.2, 0.25) is 0 Å². The zero-order chi connectivity index (χ0) is 11.5. The van der Waals surface area contributed by atoms with Gasteiger partial charge in [0, 0.05) is 5.56 Å². The molecule has 0 unspecified atom stereocenters. The van der Waals surface area contributed by atoms with Crippen LogP contribution in [0.1, 0.15) is 11.1 Å². The molecule has 15 heavy (non-hydrogen) atoms. The molecule has 0 radical (unpaired) electrons. The first-order valence-corrected chi connectivity index (χ1v) is 5.64. The Kier molecular flexibility index (Phi) is 3.48. The summed E-state index contributed by atoms with van der Waals surface area (Å²) in [5.41, 5.74) is 1.21. The van der Waals surface area contributed by atoms with Gasteiger partial charge in [-0.25, -0.2) is 4.57 Å². The van der Waals surface area contributed by atoms with E-state index in [0.717, 1.165) is 0 Å². The van der Waals surface area contributed by atoms with E-state index < -0.39 is 7.82 Å². The van der Waals surface area contributed by atoms with Gasteiger partial charge in [0.1, 0.15) is 5.75 Å². The summed E-state index contributed by atoms with van der Waals surface area (Å²) in [5.74, 6) is 0.0933. The summed E-state index contributed by atoms with van der Waals surface area (Å²) in [5, 5.41) is 0. The Labute approximate surface area is 87.8 Å². The second-order valence-corrected chi connectivity index (χ2v) is 3.91. The van der Waals surface area contributed by atoms with E-state index in [-0.39, 0.29) is 5.75 Å². The fourth-order valence-electron chi connectivity index (χ4n) is 1.17. The number of rotatable bonds is 4. The second kappa shape index (κ2) is 4.45. The molecule has 0 spiro atoms. The van der Waals surface area contributed by atoms with Crippen molar-refractivity contribution in [1.29, 1.82) is 0 Å². The summed E-state index contributed by atoms with van der Waals surface area (Å²) in [4.78, 5) is 17.4. The average molecular weight is 226 g/mol. The largest absolute Gasteiger partial charge is 0.524 e. The summed E-state index contributed by atoms with van der Waals surface area (Å²) in [6.45, 7) is 7.13. The smallest absolute Gasteiger partial charge is 0.404 e. The van der Waals surface area contributed by atoms with E-state index in [1.165, 1.54) is 12.1 Å².